The zero-order valence-corrected chi connectivity index (χ0v) is 12.6. The summed E-state index contributed by atoms with van der Waals surface area (Å²) in [5, 5.41) is 3.50. The van der Waals surface area contributed by atoms with E-state index < -0.39 is 0 Å². The molecule has 0 radical (unpaired) electrons. The smallest absolute Gasteiger partial charge is 0.137 e. The summed E-state index contributed by atoms with van der Waals surface area (Å²) >= 11 is 0. The summed E-state index contributed by atoms with van der Waals surface area (Å²) in [5.74, 6) is 0. The van der Waals surface area contributed by atoms with Crippen LogP contribution in [0.4, 0.5) is 0 Å². The van der Waals surface area contributed by atoms with Gasteiger partial charge in [0.2, 0.25) is 0 Å². The van der Waals surface area contributed by atoms with E-state index in [0.29, 0.717) is 0 Å². The summed E-state index contributed by atoms with van der Waals surface area (Å²) in [6.07, 6.45) is 5.03. The lowest BCUT2D eigenvalue weighted by Crippen LogP contribution is -2.14. The van der Waals surface area contributed by atoms with Gasteiger partial charge in [0, 0.05) is 24.5 Å². The molecule has 0 atom stereocenters. The van der Waals surface area contributed by atoms with Crippen LogP contribution in [0.3, 0.4) is 0 Å². The number of aromatic nitrogens is 2. The van der Waals surface area contributed by atoms with Gasteiger partial charge in [-0.05, 0) is 43.7 Å². The first-order chi connectivity index (χ1) is 10.3. The number of fused-ring (bicyclic) bond motifs is 1. The van der Waals surface area contributed by atoms with E-state index >= 15 is 0 Å². The summed E-state index contributed by atoms with van der Waals surface area (Å²) in [7, 11) is 0. The topological polar surface area (TPSA) is 29.3 Å². The number of nitrogens with zero attached hydrogens (tertiary/aromatic N) is 2. The Balaban J connectivity index is 2.07. The Hall–Kier alpha value is -2.13. The molecule has 0 amide bonds. The molecule has 1 N–H and O–H groups in total. The zero-order valence-electron chi connectivity index (χ0n) is 12.6. The maximum absolute atomic E-state index is 4.38. The van der Waals surface area contributed by atoms with Gasteiger partial charge in [0.25, 0.3) is 0 Å². The van der Waals surface area contributed by atoms with Crippen molar-refractivity contribution in [2.45, 2.75) is 26.8 Å². The third kappa shape index (κ3) is 2.83. The second-order valence-electron chi connectivity index (χ2n) is 5.40. The average molecular weight is 279 g/mol. The van der Waals surface area contributed by atoms with Crippen LogP contribution in [0.1, 0.15) is 24.5 Å². The third-order valence-electron chi connectivity index (χ3n) is 3.71. The Morgan fingerprint density at radius 2 is 2.10 bits per heavy atom. The fraction of sp³-hybridized carbons (Fsp3) is 0.278. The summed E-state index contributed by atoms with van der Waals surface area (Å²) in [6.45, 7) is 6.27. The number of hydrogen-bond donors (Lipinski definition) is 1. The van der Waals surface area contributed by atoms with Crippen molar-refractivity contribution in [3.05, 3.63) is 59.9 Å². The molecule has 0 bridgehead atoms. The van der Waals surface area contributed by atoms with Gasteiger partial charge in [0.05, 0.1) is 5.69 Å². The highest BCUT2D eigenvalue weighted by Crippen LogP contribution is 2.26. The van der Waals surface area contributed by atoms with Gasteiger partial charge in [-0.3, -0.25) is 4.40 Å². The Morgan fingerprint density at radius 1 is 1.19 bits per heavy atom. The van der Waals surface area contributed by atoms with Crippen molar-refractivity contribution >= 4 is 5.65 Å². The molecule has 21 heavy (non-hydrogen) atoms. The van der Waals surface area contributed by atoms with E-state index in [-0.39, 0.29) is 0 Å². The van der Waals surface area contributed by atoms with Gasteiger partial charge < -0.3 is 5.32 Å². The molecule has 0 aliphatic heterocycles. The van der Waals surface area contributed by atoms with Crippen molar-refractivity contribution < 1.29 is 0 Å². The molecule has 3 nitrogen and oxygen atoms in total. The number of nitrogens with one attached hydrogen (secondary N) is 1. The fourth-order valence-electron chi connectivity index (χ4n) is 2.65. The van der Waals surface area contributed by atoms with Gasteiger partial charge in [0.1, 0.15) is 5.65 Å². The van der Waals surface area contributed by atoms with Crippen LogP contribution in [0, 0.1) is 6.92 Å². The van der Waals surface area contributed by atoms with Gasteiger partial charge in [-0.15, -0.1) is 0 Å². The molecule has 3 rings (SSSR count). The number of aryl methyl sites for hydroxylation is 1. The Morgan fingerprint density at radius 3 is 2.95 bits per heavy atom. The number of imidazole rings is 1. The predicted molar refractivity (Wildman–Crippen MR) is 87.4 cm³/mol. The lowest BCUT2D eigenvalue weighted by atomic mass is 10.0. The van der Waals surface area contributed by atoms with Crippen molar-refractivity contribution in [2.24, 2.45) is 0 Å². The van der Waals surface area contributed by atoms with E-state index in [1.54, 1.807) is 0 Å². The van der Waals surface area contributed by atoms with Crippen LogP contribution in [0.5, 0.6) is 0 Å². The van der Waals surface area contributed by atoms with E-state index in [1.165, 1.54) is 22.4 Å². The molecule has 0 aliphatic rings. The Bertz CT molecular complexity index is 743. The first-order valence-electron chi connectivity index (χ1n) is 7.52. The van der Waals surface area contributed by atoms with Gasteiger partial charge >= 0.3 is 0 Å². The van der Waals surface area contributed by atoms with Crippen LogP contribution >= 0.6 is 0 Å². The molecule has 0 saturated carbocycles. The number of benzene rings is 1. The molecule has 3 aromatic rings. The molecule has 0 fully saturated rings. The largest absolute Gasteiger partial charge is 0.313 e. The van der Waals surface area contributed by atoms with Crippen LogP contribution in [-0.4, -0.2) is 15.9 Å². The van der Waals surface area contributed by atoms with Crippen LogP contribution in [0.25, 0.3) is 16.9 Å². The lowest BCUT2D eigenvalue weighted by molar-refractivity contribution is 0.676. The minimum atomic E-state index is 0.897. The van der Waals surface area contributed by atoms with E-state index in [0.717, 1.165) is 25.2 Å². The molecular weight excluding hydrogens is 258 g/mol. The number of pyridine rings is 1. The van der Waals surface area contributed by atoms with Crippen LogP contribution in [0.2, 0.25) is 0 Å². The van der Waals surface area contributed by atoms with Crippen molar-refractivity contribution in [2.75, 3.05) is 6.54 Å². The van der Waals surface area contributed by atoms with Crippen molar-refractivity contribution in [3.8, 4) is 11.3 Å². The highest BCUT2D eigenvalue weighted by atomic mass is 15.0. The molecule has 1 aromatic carbocycles. The zero-order chi connectivity index (χ0) is 14.7. The normalized spacial score (nSPS) is 11.1. The van der Waals surface area contributed by atoms with Crippen LogP contribution < -0.4 is 5.32 Å². The second-order valence-corrected chi connectivity index (χ2v) is 5.40. The molecule has 0 spiro atoms. The lowest BCUT2D eigenvalue weighted by Gasteiger charge is -2.13. The second kappa shape index (κ2) is 6.10. The first-order valence-corrected chi connectivity index (χ1v) is 7.52. The molecule has 0 saturated heterocycles. The minimum Gasteiger partial charge on any atom is -0.313 e. The summed E-state index contributed by atoms with van der Waals surface area (Å²) in [4.78, 5) is 4.38. The highest BCUT2D eigenvalue weighted by Gasteiger charge is 2.09. The SMILES string of the molecule is CCCNCc1ccc(C)cc1-c1cccc2nccn12. The first kappa shape index (κ1) is 13.8. The van der Waals surface area contributed by atoms with Gasteiger partial charge in [-0.25, -0.2) is 4.98 Å². The maximum atomic E-state index is 4.38. The molecule has 2 heterocycles. The molecule has 0 unspecified atom stereocenters. The maximum Gasteiger partial charge on any atom is 0.137 e. The minimum absolute atomic E-state index is 0.897. The Labute approximate surface area is 125 Å². The van der Waals surface area contributed by atoms with Gasteiger partial charge in [-0.2, -0.15) is 0 Å². The monoisotopic (exact) mass is 279 g/mol. The fourth-order valence-corrected chi connectivity index (χ4v) is 2.65. The summed E-state index contributed by atoms with van der Waals surface area (Å²) in [5.41, 5.74) is 6.07. The highest BCUT2D eigenvalue weighted by molar-refractivity contribution is 5.68. The predicted octanol–water partition coefficient (Wildman–Crippen LogP) is 3.81. The summed E-state index contributed by atoms with van der Waals surface area (Å²) < 4.78 is 2.15. The molecule has 3 heteroatoms. The standard InChI is InChI=1S/C18H21N3/c1-3-9-19-13-15-8-7-14(2)12-16(15)17-5-4-6-18-20-10-11-21(17)18/h4-8,10-12,19H,3,9,13H2,1-2H3. The van der Waals surface area contributed by atoms with Crippen LogP contribution in [-0.2, 0) is 6.54 Å². The van der Waals surface area contributed by atoms with E-state index in [1.807, 2.05) is 18.5 Å². The quantitative estimate of drug-likeness (QED) is 0.720. The van der Waals surface area contributed by atoms with E-state index in [4.69, 9.17) is 0 Å². The Kier molecular flexibility index (Phi) is 4.02. The van der Waals surface area contributed by atoms with Gasteiger partial charge in [0.15, 0.2) is 0 Å². The molecule has 108 valence electrons. The van der Waals surface area contributed by atoms with Crippen molar-refractivity contribution in [1.82, 2.24) is 14.7 Å². The number of rotatable bonds is 5. The third-order valence-corrected chi connectivity index (χ3v) is 3.71. The number of hydrogen-bond acceptors (Lipinski definition) is 2. The summed E-state index contributed by atoms with van der Waals surface area (Å²) in [6, 6.07) is 12.9. The molecular formula is C18H21N3. The van der Waals surface area contributed by atoms with E-state index in [9.17, 15) is 0 Å². The van der Waals surface area contributed by atoms with Crippen molar-refractivity contribution in [3.63, 3.8) is 0 Å². The molecule has 0 aliphatic carbocycles. The van der Waals surface area contributed by atoms with Crippen LogP contribution in [0.15, 0.2) is 48.8 Å². The van der Waals surface area contributed by atoms with E-state index in [2.05, 4.69) is 58.9 Å². The van der Waals surface area contributed by atoms with Gasteiger partial charge in [-0.1, -0.05) is 30.7 Å². The van der Waals surface area contributed by atoms with Crippen molar-refractivity contribution in [1.29, 1.82) is 0 Å². The molecule has 2 aromatic heterocycles. The average Bonchev–Trinajstić information content (AvgIpc) is 2.97.